The van der Waals surface area contributed by atoms with Gasteiger partial charge < -0.3 is 5.73 Å². The van der Waals surface area contributed by atoms with E-state index in [1.807, 2.05) is 0 Å². The van der Waals surface area contributed by atoms with Crippen molar-refractivity contribution in [2.75, 3.05) is 6.54 Å². The monoisotopic (exact) mass is 251 g/mol. The molecule has 0 aromatic heterocycles. The fourth-order valence-corrected chi connectivity index (χ4v) is 4.36. The van der Waals surface area contributed by atoms with E-state index in [9.17, 15) is 0 Å². The zero-order valence-corrected chi connectivity index (χ0v) is 12.2. The molecule has 1 nitrogen and oxygen atoms in total. The maximum atomic E-state index is 5.84. The van der Waals surface area contributed by atoms with Crippen LogP contribution in [0.1, 0.15) is 83.5 Å². The molecular weight excluding hydrogens is 218 g/mol. The molecule has 0 heterocycles. The Hall–Kier alpha value is -0.0400. The van der Waals surface area contributed by atoms with Gasteiger partial charge in [0, 0.05) is 0 Å². The third-order valence-corrected chi connectivity index (χ3v) is 5.36. The highest BCUT2D eigenvalue weighted by Crippen LogP contribution is 2.35. The van der Waals surface area contributed by atoms with Crippen molar-refractivity contribution >= 4 is 0 Å². The minimum absolute atomic E-state index is 0.907. The average Bonchev–Trinajstić information content (AvgIpc) is 2.41. The standard InChI is InChI=1S/C17H33N/c18-12-11-17(13-15-7-3-1-4-8-15)14-16-9-5-2-6-10-16/h15-17H,1-14,18H2. The second-order valence-electron chi connectivity index (χ2n) is 6.92. The third kappa shape index (κ3) is 4.91. The Morgan fingerprint density at radius 1 is 0.722 bits per heavy atom. The van der Waals surface area contributed by atoms with Crippen molar-refractivity contribution in [2.24, 2.45) is 23.5 Å². The van der Waals surface area contributed by atoms with Crippen molar-refractivity contribution in [2.45, 2.75) is 83.5 Å². The molecule has 2 aliphatic rings. The van der Waals surface area contributed by atoms with Crippen molar-refractivity contribution in [3.05, 3.63) is 0 Å². The van der Waals surface area contributed by atoms with Crippen molar-refractivity contribution in [3.63, 3.8) is 0 Å². The van der Waals surface area contributed by atoms with Gasteiger partial charge >= 0.3 is 0 Å². The predicted octanol–water partition coefficient (Wildman–Crippen LogP) is 4.89. The number of rotatable bonds is 6. The van der Waals surface area contributed by atoms with Crippen LogP contribution in [-0.4, -0.2) is 6.54 Å². The van der Waals surface area contributed by atoms with E-state index in [1.54, 1.807) is 0 Å². The van der Waals surface area contributed by atoms with Crippen molar-refractivity contribution in [1.29, 1.82) is 0 Å². The number of nitrogens with two attached hydrogens (primary N) is 1. The third-order valence-electron chi connectivity index (χ3n) is 5.36. The van der Waals surface area contributed by atoms with Gasteiger partial charge in [-0.05, 0) is 43.6 Å². The van der Waals surface area contributed by atoms with E-state index in [1.165, 1.54) is 83.5 Å². The SMILES string of the molecule is NCCC(CC1CCCCC1)CC1CCCCC1. The van der Waals surface area contributed by atoms with Crippen LogP contribution in [0.2, 0.25) is 0 Å². The quantitative estimate of drug-likeness (QED) is 0.714. The van der Waals surface area contributed by atoms with Crippen LogP contribution >= 0.6 is 0 Å². The van der Waals surface area contributed by atoms with Crippen LogP contribution in [0.5, 0.6) is 0 Å². The Bertz CT molecular complexity index is 182. The molecule has 0 bridgehead atoms. The molecule has 18 heavy (non-hydrogen) atoms. The van der Waals surface area contributed by atoms with Gasteiger partial charge in [-0.15, -0.1) is 0 Å². The summed E-state index contributed by atoms with van der Waals surface area (Å²) < 4.78 is 0. The molecule has 0 aromatic rings. The molecule has 0 radical (unpaired) electrons. The first-order valence-corrected chi connectivity index (χ1v) is 8.58. The fourth-order valence-electron chi connectivity index (χ4n) is 4.36. The lowest BCUT2D eigenvalue weighted by atomic mass is 9.76. The van der Waals surface area contributed by atoms with E-state index >= 15 is 0 Å². The predicted molar refractivity (Wildman–Crippen MR) is 79.5 cm³/mol. The molecule has 2 rings (SSSR count). The first-order chi connectivity index (χ1) is 8.88. The summed E-state index contributed by atoms with van der Waals surface area (Å²) in [5, 5.41) is 0. The molecule has 2 saturated carbocycles. The van der Waals surface area contributed by atoms with Crippen LogP contribution in [-0.2, 0) is 0 Å². The van der Waals surface area contributed by atoms with Crippen molar-refractivity contribution in [3.8, 4) is 0 Å². The molecule has 1 heteroatoms. The highest BCUT2D eigenvalue weighted by atomic mass is 14.5. The number of hydrogen-bond donors (Lipinski definition) is 1. The molecule has 0 aliphatic heterocycles. The van der Waals surface area contributed by atoms with Crippen LogP contribution in [0.3, 0.4) is 0 Å². The molecule has 2 fully saturated rings. The van der Waals surface area contributed by atoms with Gasteiger partial charge in [-0.3, -0.25) is 0 Å². The van der Waals surface area contributed by atoms with E-state index in [0.717, 1.165) is 24.3 Å². The maximum Gasteiger partial charge on any atom is -0.00746 e. The van der Waals surface area contributed by atoms with Gasteiger partial charge in [0.1, 0.15) is 0 Å². The summed E-state index contributed by atoms with van der Waals surface area (Å²) in [6.07, 6.45) is 19.2. The van der Waals surface area contributed by atoms with Gasteiger partial charge in [0.05, 0.1) is 0 Å². The van der Waals surface area contributed by atoms with E-state index in [4.69, 9.17) is 5.73 Å². The lowest BCUT2D eigenvalue weighted by molar-refractivity contribution is 0.224. The minimum Gasteiger partial charge on any atom is -0.330 e. The van der Waals surface area contributed by atoms with Crippen LogP contribution in [0.15, 0.2) is 0 Å². The molecule has 0 aromatic carbocycles. The molecule has 106 valence electrons. The normalized spacial score (nSPS) is 23.7. The molecule has 0 unspecified atom stereocenters. The molecule has 0 spiro atoms. The largest absolute Gasteiger partial charge is 0.330 e. The zero-order valence-electron chi connectivity index (χ0n) is 12.2. The zero-order chi connectivity index (χ0) is 12.6. The van der Waals surface area contributed by atoms with E-state index < -0.39 is 0 Å². The average molecular weight is 251 g/mol. The van der Waals surface area contributed by atoms with E-state index in [-0.39, 0.29) is 0 Å². The molecule has 0 atom stereocenters. The Morgan fingerprint density at radius 3 is 1.56 bits per heavy atom. The van der Waals surface area contributed by atoms with E-state index in [2.05, 4.69) is 0 Å². The molecular formula is C17H33N. The van der Waals surface area contributed by atoms with Gasteiger partial charge in [0.15, 0.2) is 0 Å². The van der Waals surface area contributed by atoms with Crippen LogP contribution in [0.4, 0.5) is 0 Å². The Morgan fingerprint density at radius 2 is 1.17 bits per heavy atom. The summed E-state index contributed by atoms with van der Waals surface area (Å²) in [6.45, 7) is 0.907. The lowest BCUT2D eigenvalue weighted by Crippen LogP contribution is -2.19. The highest BCUT2D eigenvalue weighted by molar-refractivity contribution is 4.75. The molecule has 2 N–H and O–H groups in total. The molecule has 0 amide bonds. The first-order valence-electron chi connectivity index (χ1n) is 8.58. The second-order valence-corrected chi connectivity index (χ2v) is 6.92. The second kappa shape index (κ2) is 8.19. The lowest BCUT2D eigenvalue weighted by Gasteiger charge is -2.30. The highest BCUT2D eigenvalue weighted by Gasteiger charge is 2.22. The maximum absolute atomic E-state index is 5.84. The Labute approximate surface area is 114 Å². The van der Waals surface area contributed by atoms with Gasteiger partial charge in [-0.1, -0.05) is 64.2 Å². The Kier molecular flexibility index (Phi) is 6.54. The molecule has 2 aliphatic carbocycles. The smallest absolute Gasteiger partial charge is 0.00746 e. The van der Waals surface area contributed by atoms with E-state index in [0.29, 0.717) is 0 Å². The summed E-state index contributed by atoms with van der Waals surface area (Å²) in [5.41, 5.74) is 5.84. The summed E-state index contributed by atoms with van der Waals surface area (Å²) in [5.74, 6) is 3.03. The fraction of sp³-hybridized carbons (Fsp3) is 1.00. The Balaban J connectivity index is 1.74. The summed E-state index contributed by atoms with van der Waals surface area (Å²) in [7, 11) is 0. The van der Waals surface area contributed by atoms with Crippen molar-refractivity contribution in [1.82, 2.24) is 0 Å². The minimum atomic E-state index is 0.907. The van der Waals surface area contributed by atoms with Gasteiger partial charge in [0.25, 0.3) is 0 Å². The van der Waals surface area contributed by atoms with Crippen LogP contribution in [0.25, 0.3) is 0 Å². The first kappa shape index (κ1) is 14.4. The summed E-state index contributed by atoms with van der Waals surface area (Å²) >= 11 is 0. The summed E-state index contributed by atoms with van der Waals surface area (Å²) in [4.78, 5) is 0. The number of hydrogen-bond acceptors (Lipinski definition) is 1. The molecule has 0 saturated heterocycles. The van der Waals surface area contributed by atoms with Gasteiger partial charge in [-0.2, -0.15) is 0 Å². The summed E-state index contributed by atoms with van der Waals surface area (Å²) in [6, 6.07) is 0. The van der Waals surface area contributed by atoms with Crippen LogP contribution in [0, 0.1) is 17.8 Å². The van der Waals surface area contributed by atoms with Crippen molar-refractivity contribution < 1.29 is 0 Å². The van der Waals surface area contributed by atoms with Gasteiger partial charge in [0.2, 0.25) is 0 Å². The van der Waals surface area contributed by atoms with Gasteiger partial charge in [-0.25, -0.2) is 0 Å². The van der Waals surface area contributed by atoms with Crippen LogP contribution < -0.4 is 5.73 Å². The topological polar surface area (TPSA) is 26.0 Å².